The van der Waals surface area contributed by atoms with Crippen LogP contribution in [0.25, 0.3) is 0 Å². The van der Waals surface area contributed by atoms with Crippen molar-refractivity contribution in [2.24, 2.45) is 0 Å². The maximum absolute atomic E-state index is 11.6. The van der Waals surface area contributed by atoms with E-state index in [1.165, 1.54) is 96.4 Å². The summed E-state index contributed by atoms with van der Waals surface area (Å²) in [7, 11) is -5.21. The molecule has 0 unspecified atom stereocenters. The minimum absolute atomic E-state index is 0.838. The zero-order chi connectivity index (χ0) is 27.6. The topological polar surface area (TPSA) is 116 Å². The van der Waals surface area contributed by atoms with Gasteiger partial charge in [0.25, 0.3) is 0 Å². The van der Waals surface area contributed by atoms with E-state index in [4.69, 9.17) is 8.18 Å². The van der Waals surface area contributed by atoms with E-state index in [1.807, 2.05) is 6.26 Å². The molecule has 36 heavy (non-hydrogen) atoms. The van der Waals surface area contributed by atoms with Crippen LogP contribution < -0.4 is 0 Å². The first kappa shape index (κ1) is 36.0. The van der Waals surface area contributed by atoms with E-state index in [0.717, 1.165) is 43.3 Å². The maximum Gasteiger partial charge on any atom is 0.409 e. The Hall–Kier alpha value is 0.0500. The van der Waals surface area contributed by atoms with Gasteiger partial charge in [-0.05, 0) is 19.1 Å². The van der Waals surface area contributed by atoms with Crippen LogP contribution in [0.3, 0.4) is 0 Å². The molecule has 9 nitrogen and oxygen atoms in total. The zero-order valence-corrected chi connectivity index (χ0v) is 25.9. The summed E-state index contributed by atoms with van der Waals surface area (Å²) >= 11 is 0. The number of unbranched alkanes of at least 4 members (excludes halogenated alkanes) is 13. The lowest BCUT2D eigenvalue weighted by molar-refractivity contribution is -0.906. The van der Waals surface area contributed by atoms with Gasteiger partial charge in [-0.15, -0.1) is 10.3 Å². The molecule has 1 N–H and O–H groups in total. The second-order valence-electron chi connectivity index (χ2n) is 10.2. The molecule has 0 aromatic rings. The van der Waals surface area contributed by atoms with Crippen LogP contribution in [0.2, 0.25) is 0 Å². The first-order valence-electron chi connectivity index (χ1n) is 13.4. The molecule has 1 heterocycles. The zero-order valence-electron chi connectivity index (χ0n) is 23.4. The smallest absolute Gasteiger partial charge is 0.325 e. The van der Waals surface area contributed by atoms with E-state index in [-0.39, 0.29) is 0 Å². The molecule has 1 aliphatic rings. The van der Waals surface area contributed by atoms with Crippen molar-refractivity contribution in [2.75, 3.05) is 58.7 Å². The molecule has 0 bridgehead atoms. The first-order chi connectivity index (χ1) is 16.8. The molecule has 1 fully saturated rings. The van der Waals surface area contributed by atoms with Crippen molar-refractivity contribution in [1.29, 1.82) is 0 Å². The minimum atomic E-state index is -4.16. The Bertz CT molecular complexity index is 751. The average molecular weight is 581 g/mol. The van der Waals surface area contributed by atoms with E-state index in [2.05, 4.69) is 22.3 Å². The van der Waals surface area contributed by atoms with Crippen LogP contribution in [0.15, 0.2) is 0 Å². The Morgan fingerprint density at radius 1 is 0.722 bits per heavy atom. The van der Waals surface area contributed by atoms with Crippen LogP contribution in [0.5, 0.6) is 0 Å². The SMILES string of the molecule is CCCCCCCCCCCCCCCC[N+]1(C)CCS(C)(OS(=O)(=O)OC)CC1.COS(=O)(=O)O. The molecule has 0 saturated carbocycles. The van der Waals surface area contributed by atoms with Gasteiger partial charge in [0.2, 0.25) is 0 Å². The number of hydrogen-bond donors (Lipinski definition) is 1. The minimum Gasteiger partial charge on any atom is -0.325 e. The van der Waals surface area contributed by atoms with E-state index >= 15 is 0 Å². The molecular weight excluding hydrogens is 526 g/mol. The van der Waals surface area contributed by atoms with Gasteiger partial charge in [0, 0.05) is 11.5 Å². The van der Waals surface area contributed by atoms with Gasteiger partial charge in [-0.3, -0.25) is 12.9 Å². The monoisotopic (exact) mass is 580 g/mol. The Balaban J connectivity index is 0.00000181. The fourth-order valence-electron chi connectivity index (χ4n) is 4.25. The third kappa shape index (κ3) is 20.1. The van der Waals surface area contributed by atoms with Crippen molar-refractivity contribution in [3.05, 3.63) is 0 Å². The normalized spacial score (nSPS) is 24.5. The highest BCUT2D eigenvalue weighted by Gasteiger charge is 2.37. The first-order valence-corrected chi connectivity index (χ1v) is 18.4. The fraction of sp³-hybridized carbons (Fsp3) is 1.00. The Morgan fingerprint density at radius 2 is 1.08 bits per heavy atom. The van der Waals surface area contributed by atoms with Crippen molar-refractivity contribution in [3.8, 4) is 0 Å². The molecule has 0 atom stereocenters. The molecule has 0 aliphatic carbocycles. The predicted molar refractivity (Wildman–Crippen MR) is 150 cm³/mol. The van der Waals surface area contributed by atoms with E-state index < -0.39 is 31.1 Å². The quantitative estimate of drug-likeness (QED) is 0.119. The molecule has 220 valence electrons. The van der Waals surface area contributed by atoms with Gasteiger partial charge in [0.05, 0.1) is 40.9 Å². The maximum atomic E-state index is 11.6. The van der Waals surface area contributed by atoms with Gasteiger partial charge in [-0.2, -0.15) is 20.5 Å². The summed E-state index contributed by atoms with van der Waals surface area (Å²) in [5.74, 6) is 1.68. The predicted octanol–water partition coefficient (Wildman–Crippen LogP) is 5.62. The fourth-order valence-corrected chi connectivity index (χ4v) is 8.48. The van der Waals surface area contributed by atoms with Gasteiger partial charge in [0.15, 0.2) is 0 Å². The van der Waals surface area contributed by atoms with Crippen molar-refractivity contribution in [1.82, 2.24) is 0 Å². The van der Waals surface area contributed by atoms with E-state index in [9.17, 15) is 16.8 Å². The third-order valence-corrected chi connectivity index (χ3v) is 11.7. The number of rotatable bonds is 19. The molecule has 0 aromatic carbocycles. The second kappa shape index (κ2) is 19.2. The number of hydrogen-bond acceptors (Lipinski definition) is 7. The Morgan fingerprint density at radius 3 is 1.42 bits per heavy atom. The van der Waals surface area contributed by atoms with Crippen LogP contribution in [0, 0.1) is 0 Å². The van der Waals surface area contributed by atoms with Crippen LogP contribution in [-0.2, 0) is 32.8 Å². The molecule has 1 saturated heterocycles. The summed E-state index contributed by atoms with van der Waals surface area (Å²) in [5, 5.41) is 0. The van der Waals surface area contributed by atoms with Crippen LogP contribution in [0.1, 0.15) is 96.8 Å². The number of nitrogens with zero attached hydrogens (tertiary/aromatic N) is 1. The second-order valence-corrected chi connectivity index (χ2v) is 16.3. The molecule has 1 aliphatic heterocycles. The van der Waals surface area contributed by atoms with E-state index in [0.29, 0.717) is 0 Å². The van der Waals surface area contributed by atoms with Crippen molar-refractivity contribution in [2.45, 2.75) is 96.8 Å². The summed E-state index contributed by atoms with van der Waals surface area (Å²) in [4.78, 5) is 0. The summed E-state index contributed by atoms with van der Waals surface area (Å²) < 4.78 is 63.8. The highest BCUT2D eigenvalue weighted by atomic mass is 32.3. The average Bonchev–Trinajstić information content (AvgIpc) is 2.81. The highest BCUT2D eigenvalue weighted by molar-refractivity contribution is 8.32. The highest BCUT2D eigenvalue weighted by Crippen LogP contribution is 2.49. The van der Waals surface area contributed by atoms with Crippen LogP contribution >= 0.6 is 10.3 Å². The van der Waals surface area contributed by atoms with Gasteiger partial charge in [-0.25, -0.2) is 0 Å². The number of quaternary nitrogens is 1. The molecule has 0 aromatic heterocycles. The van der Waals surface area contributed by atoms with Gasteiger partial charge >= 0.3 is 20.8 Å². The molecule has 0 amide bonds. The molecule has 1 rings (SSSR count). The molecule has 12 heteroatoms. The third-order valence-electron chi connectivity index (χ3n) is 6.84. The lowest BCUT2D eigenvalue weighted by Crippen LogP contribution is -2.53. The standard InChI is InChI=1S/C23H50NO4S2.CH4O4S/c1-5-6-7-8-9-10-11-12-13-14-15-16-17-18-19-24(2)20-22-29(4,23-21-24)28-30(25,26)27-3;1-5-6(2,3)4/h5-23H2,1-4H3;1H3,(H,2,3,4)/q+1;. The van der Waals surface area contributed by atoms with Gasteiger partial charge < -0.3 is 4.48 Å². The molecule has 0 radical (unpaired) electrons. The largest absolute Gasteiger partial charge is 0.409 e. The Labute approximate surface area is 224 Å². The summed E-state index contributed by atoms with van der Waals surface area (Å²) in [6.45, 7) is 5.49. The van der Waals surface area contributed by atoms with Crippen molar-refractivity contribution in [3.63, 3.8) is 0 Å². The molecular formula is C24H54NO8S3+. The van der Waals surface area contributed by atoms with Gasteiger partial charge in [-0.1, -0.05) is 84.0 Å². The van der Waals surface area contributed by atoms with Crippen LogP contribution in [-0.4, -0.2) is 84.5 Å². The summed E-state index contributed by atoms with van der Waals surface area (Å²) in [6, 6.07) is 0. The van der Waals surface area contributed by atoms with Gasteiger partial charge in [0.1, 0.15) is 0 Å². The molecule has 0 spiro atoms. The Kier molecular flexibility index (Phi) is 19.2. The van der Waals surface area contributed by atoms with Crippen molar-refractivity contribution >= 4 is 31.1 Å². The summed E-state index contributed by atoms with van der Waals surface area (Å²) in [6.07, 6.45) is 21.5. The van der Waals surface area contributed by atoms with E-state index in [1.54, 1.807) is 0 Å². The lowest BCUT2D eigenvalue weighted by Gasteiger charge is -2.46. The lowest BCUT2D eigenvalue weighted by atomic mass is 10.0. The van der Waals surface area contributed by atoms with Crippen molar-refractivity contribution < 1.29 is 37.9 Å². The van der Waals surface area contributed by atoms with Crippen LogP contribution in [0.4, 0.5) is 0 Å². The summed E-state index contributed by atoms with van der Waals surface area (Å²) in [5.41, 5.74) is 0.